The highest BCUT2D eigenvalue weighted by Crippen LogP contribution is 2.22. The maximum absolute atomic E-state index is 13.1. The summed E-state index contributed by atoms with van der Waals surface area (Å²) >= 11 is 0. The van der Waals surface area contributed by atoms with Crippen LogP contribution in [0.15, 0.2) is 72.9 Å². The number of H-pyrrole nitrogens is 1. The molecule has 5 N–H and O–H groups in total. The van der Waals surface area contributed by atoms with Crippen molar-refractivity contribution in [3.63, 3.8) is 0 Å². The van der Waals surface area contributed by atoms with E-state index in [9.17, 15) is 14.7 Å². The Morgan fingerprint density at radius 3 is 2.52 bits per heavy atom. The number of aromatic amines is 1. The normalized spacial score (nSPS) is 12.9. The number of carbonyl (C=O) groups is 2. The molecule has 31 heavy (non-hydrogen) atoms. The van der Waals surface area contributed by atoms with Crippen LogP contribution in [0.2, 0.25) is 0 Å². The molecule has 2 aromatic carbocycles. The molecule has 2 amide bonds. The molecule has 2 unspecified atom stereocenters. The number of fused-ring (bicyclic) bond motifs is 1. The Labute approximate surface area is 178 Å². The summed E-state index contributed by atoms with van der Waals surface area (Å²) in [5.41, 5.74) is 8.34. The highest BCUT2D eigenvalue weighted by atomic mass is 16.3. The Hall–Kier alpha value is -4.04. The molecule has 0 aliphatic rings. The Balaban J connectivity index is 1.64. The minimum atomic E-state index is -1.55. The molecule has 2 aromatic heterocycles. The molecule has 0 saturated carbocycles. The fourth-order valence-corrected chi connectivity index (χ4v) is 3.40. The van der Waals surface area contributed by atoms with Gasteiger partial charge in [-0.25, -0.2) is 4.98 Å². The van der Waals surface area contributed by atoms with Crippen LogP contribution in [0.1, 0.15) is 15.9 Å². The maximum atomic E-state index is 13.1. The van der Waals surface area contributed by atoms with E-state index in [0.29, 0.717) is 11.5 Å². The van der Waals surface area contributed by atoms with E-state index < -0.39 is 24.0 Å². The number of hydrogen-bond acceptors (Lipinski definition) is 5. The van der Waals surface area contributed by atoms with E-state index >= 15 is 0 Å². The second-order valence-corrected chi connectivity index (χ2v) is 7.12. The van der Waals surface area contributed by atoms with Crippen molar-refractivity contribution >= 4 is 22.8 Å². The first-order chi connectivity index (χ1) is 15.0. The van der Waals surface area contributed by atoms with Crippen LogP contribution in [-0.4, -0.2) is 44.0 Å². The summed E-state index contributed by atoms with van der Waals surface area (Å²) in [6.07, 6.45) is 0.256. The SMILES string of the molecule is NC(=O)C(O)C(Cc1ccccc1)NC(=O)c1cccnc1-c1nc2ccccc2[nH]1. The molecule has 0 bridgehead atoms. The summed E-state index contributed by atoms with van der Waals surface area (Å²) in [6, 6.07) is 19.1. The molecule has 2 atom stereocenters. The first-order valence-corrected chi connectivity index (χ1v) is 9.75. The number of aliphatic hydroxyl groups is 1. The zero-order chi connectivity index (χ0) is 21.8. The van der Waals surface area contributed by atoms with Gasteiger partial charge in [0.15, 0.2) is 11.9 Å². The van der Waals surface area contributed by atoms with Crippen molar-refractivity contribution in [1.82, 2.24) is 20.3 Å². The van der Waals surface area contributed by atoms with Crippen molar-refractivity contribution in [1.29, 1.82) is 0 Å². The van der Waals surface area contributed by atoms with Crippen molar-refractivity contribution in [3.8, 4) is 11.5 Å². The molecule has 4 rings (SSSR count). The number of nitrogens with zero attached hydrogens (tertiary/aromatic N) is 2. The van der Waals surface area contributed by atoms with E-state index in [0.717, 1.165) is 16.6 Å². The lowest BCUT2D eigenvalue weighted by Gasteiger charge is -2.22. The summed E-state index contributed by atoms with van der Waals surface area (Å²) in [5, 5.41) is 13.0. The number of para-hydroxylation sites is 2. The number of aliphatic hydroxyl groups excluding tert-OH is 1. The number of amides is 2. The fourth-order valence-electron chi connectivity index (χ4n) is 3.40. The molecule has 8 nitrogen and oxygen atoms in total. The average Bonchev–Trinajstić information content (AvgIpc) is 3.23. The van der Waals surface area contributed by atoms with Crippen LogP contribution < -0.4 is 11.1 Å². The van der Waals surface area contributed by atoms with Gasteiger partial charge >= 0.3 is 0 Å². The number of rotatable bonds is 7. The minimum absolute atomic E-state index is 0.233. The number of nitrogens with one attached hydrogen (secondary N) is 2. The molecular formula is C23H21N5O3. The van der Waals surface area contributed by atoms with Gasteiger partial charge in [-0.05, 0) is 36.2 Å². The van der Waals surface area contributed by atoms with Gasteiger partial charge in [0.25, 0.3) is 5.91 Å². The van der Waals surface area contributed by atoms with E-state index in [-0.39, 0.29) is 12.0 Å². The Bertz CT molecular complexity index is 1190. The molecule has 156 valence electrons. The second kappa shape index (κ2) is 8.76. The third-order valence-electron chi connectivity index (χ3n) is 4.95. The van der Waals surface area contributed by atoms with Gasteiger partial charge in [-0.2, -0.15) is 0 Å². The largest absolute Gasteiger partial charge is 0.381 e. The van der Waals surface area contributed by atoms with E-state index in [1.54, 1.807) is 18.3 Å². The molecular weight excluding hydrogens is 394 g/mol. The molecule has 8 heteroatoms. The Morgan fingerprint density at radius 2 is 1.77 bits per heavy atom. The number of pyridine rings is 1. The molecule has 0 aliphatic heterocycles. The van der Waals surface area contributed by atoms with Gasteiger partial charge < -0.3 is 21.1 Å². The average molecular weight is 415 g/mol. The van der Waals surface area contributed by atoms with Crippen LogP contribution in [0, 0.1) is 0 Å². The van der Waals surface area contributed by atoms with E-state index in [4.69, 9.17) is 5.73 Å². The molecule has 0 saturated heterocycles. The van der Waals surface area contributed by atoms with Crippen molar-refractivity contribution < 1.29 is 14.7 Å². The molecule has 0 radical (unpaired) electrons. The van der Waals surface area contributed by atoms with Crippen LogP contribution in [0.3, 0.4) is 0 Å². The topological polar surface area (TPSA) is 134 Å². The van der Waals surface area contributed by atoms with Crippen LogP contribution >= 0.6 is 0 Å². The van der Waals surface area contributed by atoms with Crippen LogP contribution in [0.5, 0.6) is 0 Å². The lowest BCUT2D eigenvalue weighted by molar-refractivity contribution is -0.127. The monoisotopic (exact) mass is 415 g/mol. The summed E-state index contributed by atoms with van der Waals surface area (Å²) in [6.45, 7) is 0. The first-order valence-electron chi connectivity index (χ1n) is 9.75. The van der Waals surface area contributed by atoms with Gasteiger partial charge in [-0.1, -0.05) is 42.5 Å². The molecule has 4 aromatic rings. The quantitative estimate of drug-likeness (QED) is 0.365. The van der Waals surface area contributed by atoms with Crippen molar-refractivity contribution in [2.24, 2.45) is 5.73 Å². The fraction of sp³-hybridized carbons (Fsp3) is 0.130. The Kier molecular flexibility index (Phi) is 5.72. The smallest absolute Gasteiger partial charge is 0.253 e. The number of primary amides is 1. The first kappa shape index (κ1) is 20.2. The number of hydrogen-bond donors (Lipinski definition) is 4. The molecule has 0 spiro atoms. The van der Waals surface area contributed by atoms with Crippen LogP contribution in [0.4, 0.5) is 0 Å². The summed E-state index contributed by atoms with van der Waals surface area (Å²) in [5.74, 6) is -0.961. The van der Waals surface area contributed by atoms with E-state index in [1.807, 2.05) is 54.6 Å². The molecule has 2 heterocycles. The minimum Gasteiger partial charge on any atom is -0.381 e. The predicted molar refractivity (Wildman–Crippen MR) is 116 cm³/mol. The predicted octanol–water partition coefficient (Wildman–Crippen LogP) is 1.81. The number of carbonyl (C=O) groups excluding carboxylic acids is 2. The van der Waals surface area contributed by atoms with Gasteiger partial charge in [0.05, 0.1) is 22.6 Å². The highest BCUT2D eigenvalue weighted by molar-refractivity contribution is 6.00. The number of nitrogens with two attached hydrogens (primary N) is 1. The third-order valence-corrected chi connectivity index (χ3v) is 4.95. The lowest BCUT2D eigenvalue weighted by Crippen LogP contribution is -2.50. The second-order valence-electron chi connectivity index (χ2n) is 7.12. The number of benzene rings is 2. The lowest BCUT2D eigenvalue weighted by atomic mass is 10.00. The van der Waals surface area contributed by atoms with Crippen molar-refractivity contribution in [2.45, 2.75) is 18.6 Å². The number of aromatic nitrogens is 3. The zero-order valence-electron chi connectivity index (χ0n) is 16.5. The highest BCUT2D eigenvalue weighted by Gasteiger charge is 2.28. The summed E-state index contributed by atoms with van der Waals surface area (Å²) in [4.78, 5) is 36.8. The molecule has 0 fully saturated rings. The van der Waals surface area contributed by atoms with Crippen molar-refractivity contribution in [2.75, 3.05) is 0 Å². The number of imidazole rings is 1. The van der Waals surface area contributed by atoms with E-state index in [2.05, 4.69) is 20.3 Å². The van der Waals surface area contributed by atoms with Crippen molar-refractivity contribution in [3.05, 3.63) is 84.1 Å². The van der Waals surface area contributed by atoms with Gasteiger partial charge in [0.2, 0.25) is 5.91 Å². The standard InChI is InChI=1S/C23H21N5O3/c24-21(30)20(29)18(13-14-7-2-1-3-8-14)28-23(31)15-9-6-12-25-19(15)22-26-16-10-4-5-11-17(16)27-22/h1-12,18,20,29H,13H2,(H2,24,30)(H,26,27)(H,28,31). The summed E-state index contributed by atoms with van der Waals surface area (Å²) in [7, 11) is 0. The van der Waals surface area contributed by atoms with E-state index in [1.165, 1.54) is 0 Å². The third kappa shape index (κ3) is 4.44. The van der Waals surface area contributed by atoms with Gasteiger partial charge in [-0.15, -0.1) is 0 Å². The summed E-state index contributed by atoms with van der Waals surface area (Å²) < 4.78 is 0. The zero-order valence-corrected chi connectivity index (χ0v) is 16.5. The van der Waals surface area contributed by atoms with Gasteiger partial charge in [-0.3, -0.25) is 14.6 Å². The van der Waals surface area contributed by atoms with Crippen LogP contribution in [-0.2, 0) is 11.2 Å². The molecule has 0 aliphatic carbocycles. The van der Waals surface area contributed by atoms with Gasteiger partial charge in [0.1, 0.15) is 5.69 Å². The Morgan fingerprint density at radius 1 is 1.03 bits per heavy atom. The van der Waals surface area contributed by atoms with Gasteiger partial charge in [0, 0.05) is 6.20 Å². The maximum Gasteiger partial charge on any atom is 0.253 e. The van der Waals surface area contributed by atoms with Crippen LogP contribution in [0.25, 0.3) is 22.6 Å².